The molecule has 0 unspecified atom stereocenters. The van der Waals surface area contributed by atoms with Crippen molar-refractivity contribution in [3.05, 3.63) is 100 Å². The zero-order chi connectivity index (χ0) is 26.1. The van der Waals surface area contributed by atoms with Crippen LogP contribution in [0.25, 0.3) is 32.8 Å². The summed E-state index contributed by atoms with van der Waals surface area (Å²) >= 11 is 12.8. The van der Waals surface area contributed by atoms with E-state index in [1.165, 1.54) is 21.9 Å². The van der Waals surface area contributed by atoms with Gasteiger partial charge in [-0.05, 0) is 84.6 Å². The lowest BCUT2D eigenvalue weighted by Gasteiger charge is -2.20. The van der Waals surface area contributed by atoms with Crippen LogP contribution in [0.1, 0.15) is 25.0 Å². The Morgan fingerprint density at radius 3 is 2.35 bits per heavy atom. The van der Waals surface area contributed by atoms with Gasteiger partial charge in [-0.25, -0.2) is 4.79 Å². The van der Waals surface area contributed by atoms with Crippen LogP contribution >= 0.6 is 23.2 Å². The third-order valence-electron chi connectivity index (χ3n) is 6.89. The van der Waals surface area contributed by atoms with Crippen LogP contribution < -0.4 is 4.74 Å². The number of hydrogen-bond acceptors (Lipinski definition) is 2. The predicted molar refractivity (Wildman–Crippen MR) is 154 cm³/mol. The maximum absolute atomic E-state index is 12.9. The molecule has 0 aliphatic carbocycles. The van der Waals surface area contributed by atoms with Crippen LogP contribution in [0, 0.1) is 6.92 Å². The first-order valence-corrected chi connectivity index (χ1v) is 13.2. The summed E-state index contributed by atoms with van der Waals surface area (Å²) in [6.07, 6.45) is 1.70. The summed E-state index contributed by atoms with van der Waals surface area (Å²) < 4.78 is 8.16. The van der Waals surface area contributed by atoms with E-state index in [1.54, 1.807) is 11.0 Å². The number of nitrogens with zero attached hydrogens (tertiary/aromatic N) is 2. The summed E-state index contributed by atoms with van der Waals surface area (Å²) in [5.74, 6) is 0.474. The summed E-state index contributed by atoms with van der Waals surface area (Å²) in [5.41, 5.74) is 5.13. The average Bonchev–Trinajstić information content (AvgIpc) is 3.28. The summed E-state index contributed by atoms with van der Waals surface area (Å²) in [6.45, 7) is 7.86. The molecule has 1 heterocycles. The number of carbonyl (C=O) groups is 1. The summed E-state index contributed by atoms with van der Waals surface area (Å²) in [4.78, 5) is 14.5. The van der Waals surface area contributed by atoms with Crippen molar-refractivity contribution in [3.8, 4) is 16.9 Å². The van der Waals surface area contributed by atoms with Gasteiger partial charge in [-0.15, -0.1) is 0 Å². The van der Waals surface area contributed by atoms with Gasteiger partial charge in [-0.1, -0.05) is 59.6 Å². The average molecular weight is 531 g/mol. The number of benzene rings is 4. The number of fused-ring (bicyclic) bond motifs is 2. The molecule has 4 aromatic carbocycles. The summed E-state index contributed by atoms with van der Waals surface area (Å²) in [5, 5.41) is 4.47. The van der Waals surface area contributed by atoms with Gasteiger partial charge < -0.3 is 14.2 Å². The lowest BCUT2D eigenvalue weighted by molar-refractivity contribution is 0.157. The number of rotatable bonds is 6. The highest BCUT2D eigenvalue weighted by Gasteiger charge is 2.20. The molecule has 0 bridgehead atoms. The van der Waals surface area contributed by atoms with Crippen LogP contribution in [-0.4, -0.2) is 28.6 Å². The molecule has 0 atom stereocenters. The number of hydrogen-bond donors (Lipinski definition) is 0. The van der Waals surface area contributed by atoms with E-state index in [0.29, 0.717) is 35.4 Å². The number of carbonyl (C=O) groups excluding carboxylic acids is 1. The molecule has 0 saturated heterocycles. The normalized spacial score (nSPS) is 11.3. The highest BCUT2D eigenvalue weighted by atomic mass is 35.5. The zero-order valence-electron chi connectivity index (χ0n) is 21.1. The minimum atomic E-state index is -0.385. The smallest absolute Gasteiger partial charge is 0.410 e. The topological polar surface area (TPSA) is 34.5 Å². The largest absolute Gasteiger partial charge is 0.415 e. The van der Waals surface area contributed by atoms with Gasteiger partial charge in [-0.2, -0.15) is 0 Å². The Kier molecular flexibility index (Phi) is 7.14. The van der Waals surface area contributed by atoms with E-state index in [2.05, 4.69) is 60.2 Å². The fourth-order valence-electron chi connectivity index (χ4n) is 4.94. The Morgan fingerprint density at radius 2 is 1.62 bits per heavy atom. The second kappa shape index (κ2) is 10.5. The minimum Gasteiger partial charge on any atom is -0.410 e. The van der Waals surface area contributed by atoms with Crippen molar-refractivity contribution in [3.63, 3.8) is 0 Å². The SMILES string of the molecule is CCN(CC)C(=O)Oc1ccc2c(ccn2Cc2c(C)ccc3ccccc23)c1-c1cc(Cl)cc(Cl)c1. The maximum Gasteiger partial charge on any atom is 0.415 e. The van der Waals surface area contributed by atoms with Gasteiger partial charge in [0.25, 0.3) is 0 Å². The number of halogens is 2. The summed E-state index contributed by atoms with van der Waals surface area (Å²) in [7, 11) is 0. The lowest BCUT2D eigenvalue weighted by atomic mass is 9.99. The van der Waals surface area contributed by atoms with Crippen molar-refractivity contribution < 1.29 is 9.53 Å². The first kappa shape index (κ1) is 25.2. The van der Waals surface area contributed by atoms with Crippen molar-refractivity contribution in [2.24, 2.45) is 0 Å². The Hall–Kier alpha value is -3.47. The Bertz CT molecular complexity index is 1600. The fourth-order valence-corrected chi connectivity index (χ4v) is 5.46. The molecule has 5 rings (SSSR count). The van der Waals surface area contributed by atoms with E-state index in [9.17, 15) is 4.79 Å². The molecule has 0 N–H and O–H groups in total. The Labute approximate surface area is 227 Å². The van der Waals surface area contributed by atoms with Gasteiger partial charge in [-0.3, -0.25) is 0 Å². The van der Waals surface area contributed by atoms with E-state index < -0.39 is 0 Å². The predicted octanol–water partition coefficient (Wildman–Crippen LogP) is 8.97. The Balaban J connectivity index is 1.66. The third kappa shape index (κ3) is 4.92. The summed E-state index contributed by atoms with van der Waals surface area (Å²) in [6, 6.07) is 24.1. The molecule has 1 aromatic heterocycles. The fraction of sp³-hybridized carbons (Fsp3) is 0.194. The molecule has 37 heavy (non-hydrogen) atoms. The maximum atomic E-state index is 12.9. The van der Waals surface area contributed by atoms with Crippen molar-refractivity contribution >= 4 is 51.0 Å². The molecule has 0 spiro atoms. The van der Waals surface area contributed by atoms with Crippen LogP contribution in [0.15, 0.2) is 79.0 Å². The molecule has 0 saturated carbocycles. The lowest BCUT2D eigenvalue weighted by Crippen LogP contribution is -2.33. The zero-order valence-corrected chi connectivity index (χ0v) is 22.6. The highest BCUT2D eigenvalue weighted by molar-refractivity contribution is 6.35. The highest BCUT2D eigenvalue weighted by Crippen LogP contribution is 2.40. The first-order valence-electron chi connectivity index (χ1n) is 12.4. The van der Waals surface area contributed by atoms with Crippen molar-refractivity contribution in [2.75, 3.05) is 13.1 Å². The number of aromatic nitrogens is 1. The second-order valence-electron chi connectivity index (χ2n) is 9.10. The second-order valence-corrected chi connectivity index (χ2v) is 9.97. The van der Waals surface area contributed by atoms with Crippen molar-refractivity contribution in [1.29, 1.82) is 0 Å². The van der Waals surface area contributed by atoms with E-state index in [1.807, 2.05) is 38.1 Å². The molecule has 5 aromatic rings. The van der Waals surface area contributed by atoms with Crippen molar-refractivity contribution in [2.45, 2.75) is 27.3 Å². The molecule has 6 heteroatoms. The first-order chi connectivity index (χ1) is 17.9. The molecule has 4 nitrogen and oxygen atoms in total. The van der Waals surface area contributed by atoms with Gasteiger partial charge in [0, 0.05) is 52.3 Å². The van der Waals surface area contributed by atoms with Crippen LogP contribution in [0.2, 0.25) is 10.0 Å². The van der Waals surface area contributed by atoms with Gasteiger partial charge in [0.05, 0.1) is 0 Å². The molecule has 1 amide bonds. The number of ether oxygens (including phenoxy) is 1. The van der Waals surface area contributed by atoms with Gasteiger partial charge in [0.15, 0.2) is 0 Å². The van der Waals surface area contributed by atoms with Crippen LogP contribution in [0.5, 0.6) is 5.75 Å². The number of amides is 1. The van der Waals surface area contributed by atoms with Gasteiger partial charge >= 0.3 is 6.09 Å². The van der Waals surface area contributed by atoms with E-state index in [0.717, 1.165) is 22.0 Å². The quantitative estimate of drug-likeness (QED) is 0.219. The van der Waals surface area contributed by atoms with E-state index in [-0.39, 0.29) is 6.09 Å². The standard InChI is InChI=1S/C31H28Cl2N2O2/c1-4-34(5-2)31(36)37-29-13-12-28-26(30(29)22-16-23(32)18-24(33)17-22)14-15-35(28)19-27-20(3)10-11-21-8-6-7-9-25(21)27/h6-18H,4-5,19H2,1-3H3. The minimum absolute atomic E-state index is 0.385. The number of aryl methyl sites for hydroxylation is 1. The van der Waals surface area contributed by atoms with Crippen LogP contribution in [0.3, 0.4) is 0 Å². The molecular weight excluding hydrogens is 503 g/mol. The van der Waals surface area contributed by atoms with Crippen molar-refractivity contribution in [1.82, 2.24) is 9.47 Å². The molecule has 0 fully saturated rings. The molecular formula is C31H28Cl2N2O2. The monoisotopic (exact) mass is 530 g/mol. The third-order valence-corrected chi connectivity index (χ3v) is 7.32. The van der Waals surface area contributed by atoms with Gasteiger partial charge in [0.2, 0.25) is 0 Å². The van der Waals surface area contributed by atoms with E-state index >= 15 is 0 Å². The Morgan fingerprint density at radius 1 is 0.892 bits per heavy atom. The van der Waals surface area contributed by atoms with E-state index in [4.69, 9.17) is 27.9 Å². The van der Waals surface area contributed by atoms with Crippen LogP contribution in [-0.2, 0) is 6.54 Å². The molecule has 0 radical (unpaired) electrons. The van der Waals surface area contributed by atoms with Crippen LogP contribution in [0.4, 0.5) is 4.79 Å². The van der Waals surface area contributed by atoms with Gasteiger partial charge in [0.1, 0.15) is 5.75 Å². The molecule has 0 aliphatic heterocycles. The molecule has 0 aliphatic rings. The molecule has 188 valence electrons.